The van der Waals surface area contributed by atoms with Crippen LogP contribution in [-0.2, 0) is 16.6 Å². The van der Waals surface area contributed by atoms with Crippen molar-refractivity contribution in [1.29, 1.82) is 0 Å². The molecular formula is C16H15N5O2S. The van der Waals surface area contributed by atoms with Crippen molar-refractivity contribution < 1.29 is 9.59 Å². The van der Waals surface area contributed by atoms with Gasteiger partial charge in [-0.05, 0) is 18.2 Å². The number of para-hydroxylation sites is 1. The molecule has 1 aromatic heterocycles. The summed E-state index contributed by atoms with van der Waals surface area (Å²) in [5.74, 6) is -0.667. The van der Waals surface area contributed by atoms with Crippen LogP contribution in [0.4, 0.5) is 5.69 Å². The number of carbonyl (C=O) groups is 2. The number of anilines is 1. The molecule has 0 spiro atoms. The van der Waals surface area contributed by atoms with E-state index in [0.717, 1.165) is 17.3 Å². The van der Waals surface area contributed by atoms with Gasteiger partial charge in [0, 0.05) is 18.8 Å². The molecule has 0 fully saturated rings. The number of hydrogen-bond donors (Lipinski definition) is 1. The number of primary amides is 1. The fraction of sp³-hybridized carbons (Fsp3) is 0.125. The minimum Gasteiger partial charge on any atom is -0.369 e. The Bertz CT molecular complexity index is 841. The van der Waals surface area contributed by atoms with E-state index < -0.39 is 5.91 Å². The van der Waals surface area contributed by atoms with E-state index in [2.05, 4.69) is 10.1 Å². The maximum atomic E-state index is 12.8. The summed E-state index contributed by atoms with van der Waals surface area (Å²) < 4.78 is 1.65. The number of amidine groups is 1. The number of aliphatic imine (C=N–C) groups is 1. The number of carbonyl (C=O) groups excluding carboxylic acids is 2. The number of hydrogen-bond acceptors (Lipinski definition) is 5. The normalized spacial score (nSPS) is 15.9. The van der Waals surface area contributed by atoms with Crippen molar-refractivity contribution in [1.82, 2.24) is 9.78 Å². The van der Waals surface area contributed by atoms with Crippen LogP contribution >= 0.6 is 11.8 Å². The van der Waals surface area contributed by atoms with Gasteiger partial charge in [-0.3, -0.25) is 19.2 Å². The molecule has 0 saturated heterocycles. The molecule has 2 heterocycles. The molecule has 0 aliphatic carbocycles. The second-order valence-electron chi connectivity index (χ2n) is 5.10. The molecule has 7 nitrogen and oxygen atoms in total. The first kappa shape index (κ1) is 16.0. The largest absolute Gasteiger partial charge is 0.369 e. The number of thioether (sulfide) groups is 1. The van der Waals surface area contributed by atoms with Crippen LogP contribution in [0.25, 0.3) is 6.08 Å². The average Bonchev–Trinajstić information content (AvgIpc) is 3.10. The van der Waals surface area contributed by atoms with Gasteiger partial charge in [-0.2, -0.15) is 5.10 Å². The van der Waals surface area contributed by atoms with Gasteiger partial charge in [-0.15, -0.1) is 0 Å². The summed E-state index contributed by atoms with van der Waals surface area (Å²) in [5, 5.41) is 4.50. The van der Waals surface area contributed by atoms with Gasteiger partial charge >= 0.3 is 0 Å². The SMILES string of the molecule is Cn1cc(C=C2N=C(SCC(N)=O)N(c3ccccc3)C2=O)cn1. The van der Waals surface area contributed by atoms with E-state index in [9.17, 15) is 9.59 Å². The average molecular weight is 341 g/mol. The minimum atomic E-state index is -0.465. The maximum absolute atomic E-state index is 12.8. The number of nitrogens with zero attached hydrogens (tertiary/aromatic N) is 4. The monoisotopic (exact) mass is 341 g/mol. The van der Waals surface area contributed by atoms with Crippen molar-refractivity contribution in [2.24, 2.45) is 17.8 Å². The Hall–Kier alpha value is -2.87. The van der Waals surface area contributed by atoms with Crippen LogP contribution in [0.3, 0.4) is 0 Å². The molecule has 1 aliphatic rings. The van der Waals surface area contributed by atoms with E-state index in [-0.39, 0.29) is 11.7 Å². The van der Waals surface area contributed by atoms with Gasteiger partial charge in [0.2, 0.25) is 5.91 Å². The van der Waals surface area contributed by atoms with Crippen molar-refractivity contribution in [3.05, 3.63) is 54.0 Å². The molecule has 1 aromatic carbocycles. The van der Waals surface area contributed by atoms with Crippen LogP contribution in [0, 0.1) is 0 Å². The van der Waals surface area contributed by atoms with Gasteiger partial charge < -0.3 is 5.73 Å². The molecule has 122 valence electrons. The van der Waals surface area contributed by atoms with Gasteiger partial charge in [-0.1, -0.05) is 30.0 Å². The molecule has 2 N–H and O–H groups in total. The number of amides is 2. The molecule has 0 saturated carbocycles. The van der Waals surface area contributed by atoms with Crippen molar-refractivity contribution in [3.63, 3.8) is 0 Å². The highest BCUT2D eigenvalue weighted by atomic mass is 32.2. The van der Waals surface area contributed by atoms with E-state index in [4.69, 9.17) is 5.73 Å². The van der Waals surface area contributed by atoms with Crippen molar-refractivity contribution >= 4 is 40.5 Å². The summed E-state index contributed by atoms with van der Waals surface area (Å²) in [7, 11) is 1.80. The summed E-state index contributed by atoms with van der Waals surface area (Å²) in [6.07, 6.45) is 5.11. The van der Waals surface area contributed by atoms with E-state index >= 15 is 0 Å². The van der Waals surface area contributed by atoms with Crippen LogP contribution < -0.4 is 10.6 Å². The van der Waals surface area contributed by atoms with Crippen molar-refractivity contribution in [3.8, 4) is 0 Å². The van der Waals surface area contributed by atoms with Gasteiger partial charge in [0.25, 0.3) is 5.91 Å². The van der Waals surface area contributed by atoms with Gasteiger partial charge in [0.05, 0.1) is 17.6 Å². The standard InChI is InChI=1S/C16H15N5O2S/c1-20-9-11(8-18-20)7-13-15(23)21(12-5-3-2-4-6-12)16(19-13)24-10-14(17)22/h2-9H,10H2,1H3,(H2,17,22). The lowest BCUT2D eigenvalue weighted by molar-refractivity contribution is -0.115. The molecule has 0 atom stereocenters. The predicted octanol–water partition coefficient (Wildman–Crippen LogP) is 1.38. The minimum absolute atomic E-state index is 0.0512. The molecule has 0 unspecified atom stereocenters. The molecule has 3 rings (SSSR count). The van der Waals surface area contributed by atoms with Gasteiger partial charge in [0.15, 0.2) is 5.17 Å². The van der Waals surface area contributed by atoms with Crippen LogP contribution in [-0.4, -0.2) is 32.5 Å². The molecule has 2 aromatic rings. The van der Waals surface area contributed by atoms with Gasteiger partial charge in [-0.25, -0.2) is 4.99 Å². The Kier molecular flexibility index (Phi) is 4.48. The Labute approximate surface area is 142 Å². The van der Waals surface area contributed by atoms with Crippen LogP contribution in [0.2, 0.25) is 0 Å². The Morgan fingerprint density at radius 2 is 2.08 bits per heavy atom. The Morgan fingerprint density at radius 1 is 1.33 bits per heavy atom. The lowest BCUT2D eigenvalue weighted by Gasteiger charge is -2.17. The highest BCUT2D eigenvalue weighted by molar-refractivity contribution is 8.14. The highest BCUT2D eigenvalue weighted by Crippen LogP contribution is 2.29. The second-order valence-corrected chi connectivity index (χ2v) is 6.04. The molecule has 8 heteroatoms. The Balaban J connectivity index is 1.96. The van der Waals surface area contributed by atoms with E-state index in [0.29, 0.717) is 16.6 Å². The smallest absolute Gasteiger partial charge is 0.283 e. The topological polar surface area (TPSA) is 93.6 Å². The second kappa shape index (κ2) is 6.71. The number of nitrogens with two attached hydrogens (primary N) is 1. The number of rotatable bonds is 4. The molecule has 24 heavy (non-hydrogen) atoms. The first-order valence-electron chi connectivity index (χ1n) is 7.14. The highest BCUT2D eigenvalue weighted by Gasteiger charge is 2.32. The Morgan fingerprint density at radius 3 is 2.71 bits per heavy atom. The first-order valence-corrected chi connectivity index (χ1v) is 8.13. The van der Waals surface area contributed by atoms with Crippen molar-refractivity contribution in [2.45, 2.75) is 0 Å². The maximum Gasteiger partial charge on any atom is 0.283 e. The lowest BCUT2D eigenvalue weighted by atomic mass is 10.2. The quantitative estimate of drug-likeness (QED) is 0.850. The number of benzene rings is 1. The predicted molar refractivity (Wildman–Crippen MR) is 94.2 cm³/mol. The molecule has 0 radical (unpaired) electrons. The summed E-state index contributed by atoms with van der Waals surface area (Å²) in [4.78, 5) is 29.7. The third-order valence-electron chi connectivity index (χ3n) is 3.22. The summed E-state index contributed by atoms with van der Waals surface area (Å²) >= 11 is 1.14. The van der Waals surface area contributed by atoms with E-state index in [1.54, 1.807) is 30.2 Å². The lowest BCUT2D eigenvalue weighted by Crippen LogP contribution is -2.31. The van der Waals surface area contributed by atoms with Crippen LogP contribution in [0.5, 0.6) is 0 Å². The zero-order valence-electron chi connectivity index (χ0n) is 12.9. The fourth-order valence-corrected chi connectivity index (χ4v) is 2.96. The zero-order chi connectivity index (χ0) is 17.1. The zero-order valence-corrected chi connectivity index (χ0v) is 13.7. The van der Waals surface area contributed by atoms with Crippen molar-refractivity contribution in [2.75, 3.05) is 10.7 Å². The molecule has 1 aliphatic heterocycles. The van der Waals surface area contributed by atoms with Crippen LogP contribution in [0.1, 0.15) is 5.56 Å². The molecular weight excluding hydrogens is 326 g/mol. The van der Waals surface area contributed by atoms with E-state index in [1.807, 2.05) is 30.3 Å². The fourth-order valence-electron chi connectivity index (χ4n) is 2.21. The number of aryl methyl sites for hydroxylation is 1. The third-order valence-corrected chi connectivity index (χ3v) is 4.18. The summed E-state index contributed by atoms with van der Waals surface area (Å²) in [6, 6.07) is 9.16. The number of aromatic nitrogens is 2. The van der Waals surface area contributed by atoms with Gasteiger partial charge in [0.1, 0.15) is 5.70 Å². The molecule has 0 bridgehead atoms. The molecule has 2 amide bonds. The van der Waals surface area contributed by atoms with Crippen LogP contribution in [0.15, 0.2) is 53.4 Å². The summed E-state index contributed by atoms with van der Waals surface area (Å²) in [6.45, 7) is 0. The summed E-state index contributed by atoms with van der Waals surface area (Å²) in [5.41, 5.74) is 6.96. The van der Waals surface area contributed by atoms with E-state index in [1.165, 1.54) is 4.90 Å². The first-order chi connectivity index (χ1) is 11.5. The third kappa shape index (κ3) is 3.38.